The zero-order valence-corrected chi connectivity index (χ0v) is 15.1. The highest BCUT2D eigenvalue weighted by Gasteiger charge is 2.57. The van der Waals surface area contributed by atoms with Crippen LogP contribution in [0, 0.1) is 29.1 Å². The van der Waals surface area contributed by atoms with Crippen molar-refractivity contribution >= 4 is 11.8 Å². The molecule has 0 spiro atoms. The Bertz CT molecular complexity index is 578. The third-order valence-corrected chi connectivity index (χ3v) is 7.78. The first kappa shape index (κ1) is 16.4. The van der Waals surface area contributed by atoms with Crippen molar-refractivity contribution in [3.8, 4) is 0 Å². The highest BCUT2D eigenvalue weighted by molar-refractivity contribution is 5.91. The van der Waals surface area contributed by atoms with Gasteiger partial charge in [-0.15, -0.1) is 0 Å². The van der Waals surface area contributed by atoms with Crippen molar-refractivity contribution in [2.45, 2.75) is 77.7 Å². The maximum absolute atomic E-state index is 11.8. The number of ketones is 1. The Hall–Kier alpha value is -1.12. The molecule has 0 bridgehead atoms. The number of hydrogen-bond acceptors (Lipinski definition) is 3. The van der Waals surface area contributed by atoms with Crippen LogP contribution < -0.4 is 0 Å². The molecule has 0 N–H and O–H groups in total. The van der Waals surface area contributed by atoms with Crippen LogP contribution in [0.25, 0.3) is 0 Å². The Kier molecular flexibility index (Phi) is 4.09. The van der Waals surface area contributed by atoms with Gasteiger partial charge < -0.3 is 4.74 Å². The predicted molar refractivity (Wildman–Crippen MR) is 92.3 cm³/mol. The van der Waals surface area contributed by atoms with E-state index in [1.807, 2.05) is 13.0 Å². The summed E-state index contributed by atoms with van der Waals surface area (Å²) < 4.78 is 5.84. The topological polar surface area (TPSA) is 43.4 Å². The number of ether oxygens (including phenoxy) is 1. The highest BCUT2D eigenvalue weighted by atomic mass is 16.5. The Balaban J connectivity index is 1.54. The predicted octanol–water partition coefficient (Wildman–Crippen LogP) is 4.45. The van der Waals surface area contributed by atoms with E-state index in [1.54, 1.807) is 0 Å². The summed E-state index contributed by atoms with van der Waals surface area (Å²) in [4.78, 5) is 23.6. The van der Waals surface area contributed by atoms with E-state index in [2.05, 4.69) is 6.92 Å². The second-order valence-electron chi connectivity index (χ2n) is 8.76. The molecule has 3 fully saturated rings. The first-order valence-corrected chi connectivity index (χ1v) is 9.95. The Morgan fingerprint density at radius 1 is 1.17 bits per heavy atom. The Morgan fingerprint density at radius 3 is 2.79 bits per heavy atom. The lowest BCUT2D eigenvalue weighted by molar-refractivity contribution is -0.158. The largest absolute Gasteiger partial charge is 0.462 e. The van der Waals surface area contributed by atoms with Crippen LogP contribution in [-0.2, 0) is 14.3 Å². The van der Waals surface area contributed by atoms with E-state index in [1.165, 1.54) is 31.3 Å². The van der Waals surface area contributed by atoms with Crippen molar-refractivity contribution in [1.29, 1.82) is 0 Å². The van der Waals surface area contributed by atoms with Crippen molar-refractivity contribution in [2.24, 2.45) is 29.1 Å². The summed E-state index contributed by atoms with van der Waals surface area (Å²) in [6, 6.07) is 0. The second-order valence-corrected chi connectivity index (χ2v) is 8.76. The normalized spacial score (nSPS) is 44.2. The van der Waals surface area contributed by atoms with Crippen LogP contribution in [0.4, 0.5) is 0 Å². The maximum atomic E-state index is 11.8. The second kappa shape index (κ2) is 6.00. The quantitative estimate of drug-likeness (QED) is 0.703. The van der Waals surface area contributed by atoms with Gasteiger partial charge in [0.15, 0.2) is 5.78 Å². The van der Waals surface area contributed by atoms with Gasteiger partial charge >= 0.3 is 5.97 Å². The van der Waals surface area contributed by atoms with E-state index in [-0.39, 0.29) is 17.5 Å². The molecular formula is C21H30O3. The molecular weight excluding hydrogens is 300 g/mol. The van der Waals surface area contributed by atoms with Gasteiger partial charge in [0.25, 0.3) is 0 Å². The molecule has 0 aromatic rings. The minimum atomic E-state index is -0.0383. The van der Waals surface area contributed by atoms with E-state index < -0.39 is 0 Å². The van der Waals surface area contributed by atoms with Gasteiger partial charge in [-0.3, -0.25) is 9.59 Å². The molecule has 0 heterocycles. The summed E-state index contributed by atoms with van der Waals surface area (Å²) in [5.41, 5.74) is 1.63. The summed E-state index contributed by atoms with van der Waals surface area (Å²) in [7, 11) is 0. The third-order valence-electron chi connectivity index (χ3n) is 7.78. The highest BCUT2D eigenvalue weighted by Crippen LogP contribution is 2.62. The number of rotatable bonds is 2. The van der Waals surface area contributed by atoms with Gasteiger partial charge in [-0.1, -0.05) is 19.4 Å². The van der Waals surface area contributed by atoms with E-state index in [9.17, 15) is 9.59 Å². The van der Waals surface area contributed by atoms with Gasteiger partial charge in [-0.05, 0) is 74.7 Å². The first-order valence-electron chi connectivity index (χ1n) is 9.95. The van der Waals surface area contributed by atoms with Crippen molar-refractivity contribution in [3.05, 3.63) is 11.6 Å². The van der Waals surface area contributed by atoms with E-state index in [0.717, 1.165) is 37.5 Å². The lowest BCUT2D eigenvalue weighted by Gasteiger charge is -2.53. The standard InChI is InChI=1S/C21H30O3/c1-3-20(23)24-19-9-8-18-17-6-4-13-12-14(22)5-7-15(13)16(17)10-11-21(18,19)2/h12,15-19H,3-11H2,1-2H3. The summed E-state index contributed by atoms with van der Waals surface area (Å²) >= 11 is 0. The molecule has 3 heteroatoms. The molecule has 3 saturated carbocycles. The van der Waals surface area contributed by atoms with Crippen LogP contribution in [0.5, 0.6) is 0 Å². The Labute approximate surface area is 145 Å². The maximum Gasteiger partial charge on any atom is 0.305 e. The molecule has 6 unspecified atom stereocenters. The minimum absolute atomic E-state index is 0.0383. The molecule has 3 nitrogen and oxygen atoms in total. The van der Waals surface area contributed by atoms with Gasteiger partial charge in [0.2, 0.25) is 0 Å². The molecule has 0 saturated heterocycles. The van der Waals surface area contributed by atoms with Crippen LogP contribution in [0.1, 0.15) is 71.6 Å². The number of esters is 1. The molecule has 6 atom stereocenters. The fourth-order valence-corrected chi connectivity index (χ4v) is 6.57. The number of carbonyl (C=O) groups excluding carboxylic acids is 2. The molecule has 0 aromatic heterocycles. The van der Waals surface area contributed by atoms with Crippen molar-refractivity contribution in [1.82, 2.24) is 0 Å². The zero-order chi connectivity index (χ0) is 16.9. The fourth-order valence-electron chi connectivity index (χ4n) is 6.57. The summed E-state index contributed by atoms with van der Waals surface area (Å²) in [6.07, 6.45) is 11.4. The van der Waals surface area contributed by atoms with E-state index in [0.29, 0.717) is 24.0 Å². The zero-order valence-electron chi connectivity index (χ0n) is 15.1. The summed E-state index contributed by atoms with van der Waals surface area (Å²) in [5.74, 6) is 3.19. The summed E-state index contributed by atoms with van der Waals surface area (Å²) in [5, 5.41) is 0. The average Bonchev–Trinajstić information content (AvgIpc) is 2.90. The number of hydrogen-bond donors (Lipinski definition) is 0. The molecule has 0 aliphatic heterocycles. The molecule has 4 aliphatic carbocycles. The van der Waals surface area contributed by atoms with Crippen LogP contribution in [0.2, 0.25) is 0 Å². The molecule has 0 amide bonds. The fraction of sp³-hybridized carbons (Fsp3) is 0.810. The van der Waals surface area contributed by atoms with Gasteiger partial charge in [0, 0.05) is 18.3 Å². The lowest BCUT2D eigenvalue weighted by Crippen LogP contribution is -2.48. The number of fused-ring (bicyclic) bond motifs is 5. The van der Waals surface area contributed by atoms with E-state index >= 15 is 0 Å². The number of allylic oxidation sites excluding steroid dienone is 1. The molecule has 132 valence electrons. The molecule has 24 heavy (non-hydrogen) atoms. The third kappa shape index (κ3) is 2.46. The number of carbonyl (C=O) groups is 2. The first-order chi connectivity index (χ1) is 11.5. The van der Waals surface area contributed by atoms with E-state index in [4.69, 9.17) is 4.74 Å². The SMILES string of the molecule is CCC(=O)OC1CCC2C3CCC4=CC(=O)CCC4C3CCC12C. The molecule has 0 aromatic carbocycles. The van der Waals surface area contributed by atoms with Gasteiger partial charge in [-0.25, -0.2) is 0 Å². The van der Waals surface area contributed by atoms with Crippen molar-refractivity contribution in [3.63, 3.8) is 0 Å². The molecule has 4 aliphatic rings. The van der Waals surface area contributed by atoms with Crippen LogP contribution in [0.15, 0.2) is 11.6 Å². The molecule has 0 radical (unpaired) electrons. The minimum Gasteiger partial charge on any atom is -0.462 e. The van der Waals surface area contributed by atoms with Crippen molar-refractivity contribution < 1.29 is 14.3 Å². The van der Waals surface area contributed by atoms with Gasteiger partial charge in [0.1, 0.15) is 6.10 Å². The van der Waals surface area contributed by atoms with Gasteiger partial charge in [0.05, 0.1) is 0 Å². The monoisotopic (exact) mass is 330 g/mol. The van der Waals surface area contributed by atoms with Crippen LogP contribution >= 0.6 is 0 Å². The lowest BCUT2D eigenvalue weighted by atomic mass is 9.52. The van der Waals surface area contributed by atoms with Gasteiger partial charge in [-0.2, -0.15) is 0 Å². The smallest absolute Gasteiger partial charge is 0.305 e. The molecule has 4 rings (SSSR count). The Morgan fingerprint density at radius 2 is 2.00 bits per heavy atom. The van der Waals surface area contributed by atoms with Crippen molar-refractivity contribution in [2.75, 3.05) is 0 Å². The summed E-state index contributed by atoms with van der Waals surface area (Å²) in [6.45, 7) is 4.26. The average molecular weight is 330 g/mol. The van der Waals surface area contributed by atoms with Crippen LogP contribution in [0.3, 0.4) is 0 Å². The van der Waals surface area contributed by atoms with Crippen LogP contribution in [-0.4, -0.2) is 17.9 Å².